The van der Waals surface area contributed by atoms with Gasteiger partial charge in [-0.25, -0.2) is 4.98 Å². The highest BCUT2D eigenvalue weighted by Crippen LogP contribution is 2.18. The number of rotatable bonds is 3. The van der Waals surface area contributed by atoms with E-state index in [1.54, 1.807) is 6.20 Å². The molecule has 122 valence electrons. The Bertz CT molecular complexity index is 701. The molecule has 23 heavy (non-hydrogen) atoms. The van der Waals surface area contributed by atoms with Gasteiger partial charge < -0.3 is 14.8 Å². The first-order valence-corrected chi connectivity index (χ1v) is 8.11. The molecule has 0 bridgehead atoms. The van der Waals surface area contributed by atoms with Crippen molar-refractivity contribution in [3.8, 4) is 0 Å². The number of hydrogen-bond acceptors (Lipinski definition) is 4. The number of aryl methyl sites for hydroxylation is 3. The van der Waals surface area contributed by atoms with Gasteiger partial charge in [-0.1, -0.05) is 6.92 Å². The van der Waals surface area contributed by atoms with Crippen LogP contribution in [-0.4, -0.2) is 51.9 Å². The van der Waals surface area contributed by atoms with E-state index in [1.165, 1.54) is 0 Å². The summed E-state index contributed by atoms with van der Waals surface area (Å²) in [4.78, 5) is 28.8. The molecule has 0 aliphatic carbocycles. The van der Waals surface area contributed by atoms with Crippen molar-refractivity contribution in [2.75, 3.05) is 31.1 Å². The third-order valence-corrected chi connectivity index (χ3v) is 4.28. The number of anilines is 1. The van der Waals surface area contributed by atoms with E-state index >= 15 is 0 Å². The van der Waals surface area contributed by atoms with Crippen LogP contribution in [0.25, 0.3) is 0 Å². The number of piperazine rings is 1. The number of nitrogens with zero attached hydrogens (tertiary/aromatic N) is 4. The molecule has 2 aromatic rings. The summed E-state index contributed by atoms with van der Waals surface area (Å²) in [6.07, 6.45) is 2.70. The van der Waals surface area contributed by atoms with Crippen LogP contribution in [0.4, 0.5) is 5.82 Å². The minimum Gasteiger partial charge on any atom is -0.354 e. The van der Waals surface area contributed by atoms with Crippen LogP contribution in [0.1, 0.15) is 34.5 Å². The number of carbonyl (C=O) groups is 1. The van der Waals surface area contributed by atoms with Crippen LogP contribution in [0.15, 0.2) is 18.3 Å². The van der Waals surface area contributed by atoms with Crippen molar-refractivity contribution in [1.29, 1.82) is 0 Å². The summed E-state index contributed by atoms with van der Waals surface area (Å²) < 4.78 is 0. The molecule has 0 saturated carbocycles. The molecule has 1 aliphatic heterocycles. The van der Waals surface area contributed by atoms with E-state index in [0.717, 1.165) is 42.4 Å². The van der Waals surface area contributed by atoms with Crippen LogP contribution < -0.4 is 4.90 Å². The van der Waals surface area contributed by atoms with E-state index in [-0.39, 0.29) is 5.91 Å². The Morgan fingerprint density at radius 2 is 1.96 bits per heavy atom. The van der Waals surface area contributed by atoms with Gasteiger partial charge in [0.1, 0.15) is 11.5 Å². The zero-order chi connectivity index (χ0) is 16.4. The molecule has 1 amide bonds. The highest BCUT2D eigenvalue weighted by Gasteiger charge is 2.24. The predicted octanol–water partition coefficient (Wildman–Crippen LogP) is 1.95. The Morgan fingerprint density at radius 3 is 2.61 bits per heavy atom. The van der Waals surface area contributed by atoms with E-state index in [4.69, 9.17) is 0 Å². The topological polar surface area (TPSA) is 65.1 Å². The summed E-state index contributed by atoms with van der Waals surface area (Å²) in [6.45, 7) is 8.97. The Hall–Kier alpha value is -2.37. The van der Waals surface area contributed by atoms with Crippen LogP contribution in [-0.2, 0) is 6.42 Å². The van der Waals surface area contributed by atoms with Crippen molar-refractivity contribution in [3.63, 3.8) is 0 Å². The van der Waals surface area contributed by atoms with E-state index in [0.29, 0.717) is 18.8 Å². The molecule has 1 fully saturated rings. The second-order valence-electron chi connectivity index (χ2n) is 5.95. The lowest BCUT2D eigenvalue weighted by Gasteiger charge is -2.35. The quantitative estimate of drug-likeness (QED) is 0.940. The molecule has 6 heteroatoms. The standard InChI is InChI=1S/C17H23N5O/c1-4-14-5-6-15(20-14)17(23)22-9-7-21(8-10-22)16-13(3)18-11-12(2)19-16/h5-6,11,20H,4,7-10H2,1-3H3. The zero-order valence-corrected chi connectivity index (χ0v) is 14.0. The Morgan fingerprint density at radius 1 is 1.22 bits per heavy atom. The van der Waals surface area contributed by atoms with Gasteiger partial charge in [-0.2, -0.15) is 0 Å². The molecule has 1 aliphatic rings. The molecule has 1 N–H and O–H groups in total. The normalized spacial score (nSPS) is 15.1. The van der Waals surface area contributed by atoms with Crippen molar-refractivity contribution >= 4 is 11.7 Å². The third-order valence-electron chi connectivity index (χ3n) is 4.28. The average molecular weight is 313 g/mol. The molecule has 3 heterocycles. The number of nitrogens with one attached hydrogen (secondary N) is 1. The van der Waals surface area contributed by atoms with Gasteiger partial charge in [0, 0.05) is 38.1 Å². The molecule has 0 radical (unpaired) electrons. The van der Waals surface area contributed by atoms with E-state index in [9.17, 15) is 4.79 Å². The van der Waals surface area contributed by atoms with Crippen LogP contribution >= 0.6 is 0 Å². The summed E-state index contributed by atoms with van der Waals surface area (Å²) in [5.74, 6) is 1.02. The molecule has 0 unspecified atom stereocenters. The molecule has 1 saturated heterocycles. The van der Waals surface area contributed by atoms with Crippen molar-refractivity contribution in [2.24, 2.45) is 0 Å². The minimum absolute atomic E-state index is 0.0800. The fraction of sp³-hybridized carbons (Fsp3) is 0.471. The maximum Gasteiger partial charge on any atom is 0.270 e. The molecular weight excluding hydrogens is 290 g/mol. The lowest BCUT2D eigenvalue weighted by atomic mass is 10.2. The SMILES string of the molecule is CCc1ccc(C(=O)N2CCN(c3nc(C)cnc3C)CC2)[nH]1. The van der Waals surface area contributed by atoms with Gasteiger partial charge in [-0.3, -0.25) is 9.78 Å². The molecule has 2 aromatic heterocycles. The maximum absolute atomic E-state index is 12.5. The molecule has 6 nitrogen and oxygen atoms in total. The van der Waals surface area contributed by atoms with Crippen molar-refractivity contribution in [1.82, 2.24) is 19.9 Å². The van der Waals surface area contributed by atoms with Crippen LogP contribution in [0.5, 0.6) is 0 Å². The summed E-state index contributed by atoms with van der Waals surface area (Å²) in [7, 11) is 0. The summed E-state index contributed by atoms with van der Waals surface area (Å²) in [5, 5.41) is 0. The van der Waals surface area contributed by atoms with E-state index < -0.39 is 0 Å². The number of aromatic nitrogens is 3. The van der Waals surface area contributed by atoms with Gasteiger partial charge in [0.2, 0.25) is 0 Å². The van der Waals surface area contributed by atoms with Crippen molar-refractivity contribution in [2.45, 2.75) is 27.2 Å². The average Bonchev–Trinajstić information content (AvgIpc) is 3.06. The lowest BCUT2D eigenvalue weighted by Crippen LogP contribution is -2.49. The third kappa shape index (κ3) is 3.21. The molecule has 0 spiro atoms. The number of H-pyrrole nitrogens is 1. The Labute approximate surface area is 136 Å². The van der Waals surface area contributed by atoms with Crippen LogP contribution in [0.3, 0.4) is 0 Å². The first-order valence-electron chi connectivity index (χ1n) is 8.11. The van der Waals surface area contributed by atoms with Gasteiger partial charge in [0.05, 0.1) is 11.4 Å². The fourth-order valence-corrected chi connectivity index (χ4v) is 2.89. The van der Waals surface area contributed by atoms with Crippen LogP contribution in [0, 0.1) is 13.8 Å². The maximum atomic E-state index is 12.5. The number of aromatic amines is 1. The van der Waals surface area contributed by atoms with Crippen molar-refractivity contribution in [3.05, 3.63) is 41.1 Å². The lowest BCUT2D eigenvalue weighted by molar-refractivity contribution is 0.0741. The van der Waals surface area contributed by atoms with Gasteiger partial charge in [0.25, 0.3) is 5.91 Å². The predicted molar refractivity (Wildman–Crippen MR) is 89.8 cm³/mol. The number of carbonyl (C=O) groups excluding carboxylic acids is 1. The Kier molecular flexibility index (Phi) is 4.32. The van der Waals surface area contributed by atoms with Gasteiger partial charge in [-0.05, 0) is 32.4 Å². The van der Waals surface area contributed by atoms with Gasteiger partial charge in [0.15, 0.2) is 0 Å². The highest BCUT2D eigenvalue weighted by atomic mass is 16.2. The number of hydrogen-bond donors (Lipinski definition) is 1. The molecule has 3 rings (SSSR count). The monoisotopic (exact) mass is 313 g/mol. The van der Waals surface area contributed by atoms with Crippen LogP contribution in [0.2, 0.25) is 0 Å². The summed E-state index contributed by atoms with van der Waals surface area (Å²) >= 11 is 0. The zero-order valence-electron chi connectivity index (χ0n) is 14.0. The summed E-state index contributed by atoms with van der Waals surface area (Å²) in [5.41, 5.74) is 3.63. The molecular formula is C17H23N5O. The van der Waals surface area contributed by atoms with E-state index in [1.807, 2.05) is 30.9 Å². The summed E-state index contributed by atoms with van der Waals surface area (Å²) in [6, 6.07) is 3.86. The first-order chi connectivity index (χ1) is 11.1. The van der Waals surface area contributed by atoms with Gasteiger partial charge >= 0.3 is 0 Å². The minimum atomic E-state index is 0.0800. The Balaban J connectivity index is 1.66. The van der Waals surface area contributed by atoms with E-state index in [2.05, 4.69) is 26.8 Å². The van der Waals surface area contributed by atoms with Gasteiger partial charge in [-0.15, -0.1) is 0 Å². The second kappa shape index (κ2) is 6.40. The number of amides is 1. The van der Waals surface area contributed by atoms with Crippen molar-refractivity contribution < 1.29 is 4.79 Å². The second-order valence-corrected chi connectivity index (χ2v) is 5.95. The largest absolute Gasteiger partial charge is 0.354 e. The highest BCUT2D eigenvalue weighted by molar-refractivity contribution is 5.92. The fourth-order valence-electron chi connectivity index (χ4n) is 2.89. The molecule has 0 atom stereocenters. The molecule has 0 aromatic carbocycles. The first kappa shape index (κ1) is 15.5. The smallest absolute Gasteiger partial charge is 0.270 e.